The zero-order valence-electron chi connectivity index (χ0n) is 16.8. The van der Waals surface area contributed by atoms with Crippen molar-refractivity contribution in [1.29, 1.82) is 0 Å². The van der Waals surface area contributed by atoms with E-state index in [2.05, 4.69) is 4.98 Å². The van der Waals surface area contributed by atoms with Crippen LogP contribution >= 0.6 is 0 Å². The van der Waals surface area contributed by atoms with Crippen LogP contribution in [-0.4, -0.2) is 35.1 Å². The zero-order chi connectivity index (χ0) is 23.8. The molecule has 1 heterocycles. The van der Waals surface area contributed by atoms with Crippen molar-refractivity contribution >= 4 is 27.0 Å². The molecule has 1 N–H and O–H groups in total. The van der Waals surface area contributed by atoms with Crippen molar-refractivity contribution in [2.45, 2.75) is 25.8 Å². The van der Waals surface area contributed by atoms with Gasteiger partial charge in [-0.2, -0.15) is 21.6 Å². The molecule has 0 amide bonds. The maximum absolute atomic E-state index is 13.6. The molecule has 0 aliphatic carbocycles. The summed E-state index contributed by atoms with van der Waals surface area (Å²) in [6.07, 6.45) is -5.00. The average molecular weight is 470 g/mol. The molecular weight excluding hydrogens is 453 g/mol. The largest absolute Gasteiger partial charge is 0.462 e. The van der Waals surface area contributed by atoms with Gasteiger partial charge in [-0.3, -0.25) is 13.9 Å². The van der Waals surface area contributed by atoms with Gasteiger partial charge in [0.25, 0.3) is 15.7 Å². The smallest absolute Gasteiger partial charge is 0.416 e. The Morgan fingerprint density at radius 2 is 1.84 bits per heavy atom. The molecule has 3 aromatic rings. The molecule has 0 aliphatic heterocycles. The first kappa shape index (κ1) is 23.4. The van der Waals surface area contributed by atoms with Crippen molar-refractivity contribution in [3.8, 4) is 5.69 Å². The fraction of sp³-hybridized carbons (Fsp3) is 0.250. The van der Waals surface area contributed by atoms with Crippen molar-refractivity contribution < 1.29 is 35.7 Å². The van der Waals surface area contributed by atoms with Crippen LogP contribution in [0.5, 0.6) is 0 Å². The normalized spacial score (nSPS) is 12.2. The van der Waals surface area contributed by atoms with Crippen LogP contribution in [0.2, 0.25) is 0 Å². The summed E-state index contributed by atoms with van der Waals surface area (Å²) in [5.41, 5.74) is -3.59. The first-order valence-corrected chi connectivity index (χ1v) is 10.8. The third kappa shape index (κ3) is 4.50. The van der Waals surface area contributed by atoms with Crippen LogP contribution in [-0.2, 0) is 26.8 Å². The van der Waals surface area contributed by atoms with Gasteiger partial charge in [0, 0.05) is 0 Å². The molecule has 0 saturated carbocycles. The molecule has 0 aliphatic rings. The van der Waals surface area contributed by atoms with Crippen molar-refractivity contribution in [1.82, 2.24) is 9.55 Å². The number of carbonyl (C=O) groups is 1. The molecule has 2 aromatic carbocycles. The number of carbonyl (C=O) groups excluding carboxylic acids is 1. The summed E-state index contributed by atoms with van der Waals surface area (Å²) in [5, 5.41) is -0.637. The highest BCUT2D eigenvalue weighted by Crippen LogP contribution is 2.35. The topological polar surface area (TPSA) is 116 Å². The summed E-state index contributed by atoms with van der Waals surface area (Å²) in [5.74, 6) is -2.17. The van der Waals surface area contributed by atoms with Crippen LogP contribution in [0.25, 0.3) is 16.6 Å². The van der Waals surface area contributed by atoms with Gasteiger partial charge in [-0.25, -0.2) is 9.78 Å². The van der Waals surface area contributed by atoms with Gasteiger partial charge < -0.3 is 4.74 Å². The molecule has 3 rings (SSSR count). The number of para-hydroxylation sites is 1. The summed E-state index contributed by atoms with van der Waals surface area (Å²) in [6.45, 7) is 3.03. The number of benzene rings is 2. The van der Waals surface area contributed by atoms with E-state index in [1.165, 1.54) is 31.2 Å². The van der Waals surface area contributed by atoms with Gasteiger partial charge in [-0.05, 0) is 43.7 Å². The summed E-state index contributed by atoms with van der Waals surface area (Å²) < 4.78 is 78.8. The molecule has 8 nitrogen and oxygen atoms in total. The van der Waals surface area contributed by atoms with Gasteiger partial charge in [-0.15, -0.1) is 0 Å². The van der Waals surface area contributed by atoms with E-state index >= 15 is 0 Å². The van der Waals surface area contributed by atoms with Crippen molar-refractivity contribution in [3.63, 3.8) is 0 Å². The minimum atomic E-state index is -5.00. The molecule has 0 spiro atoms. The predicted molar refractivity (Wildman–Crippen MR) is 108 cm³/mol. The van der Waals surface area contributed by atoms with E-state index in [1.54, 1.807) is 6.92 Å². The Kier molecular flexibility index (Phi) is 6.11. The SMILES string of the molecule is CCOC(=O)c1ccccc1-n1c(C)nc2ccc(C(F)(F)F)c(CS(=O)(=O)O)c2c1=O. The number of ether oxygens (including phenoxy) is 1. The van der Waals surface area contributed by atoms with Crippen molar-refractivity contribution in [2.24, 2.45) is 0 Å². The monoisotopic (exact) mass is 470 g/mol. The summed E-state index contributed by atoms with van der Waals surface area (Å²) in [7, 11) is -4.93. The number of halogens is 3. The maximum atomic E-state index is 13.6. The van der Waals surface area contributed by atoms with Crippen LogP contribution in [0.4, 0.5) is 13.2 Å². The fourth-order valence-electron chi connectivity index (χ4n) is 3.38. The Morgan fingerprint density at radius 1 is 1.19 bits per heavy atom. The third-order valence-corrected chi connectivity index (χ3v) is 5.24. The van der Waals surface area contributed by atoms with Gasteiger partial charge in [0.2, 0.25) is 0 Å². The standard InChI is InChI=1S/C20H17F3N2O6S/c1-3-31-19(27)12-6-4-5-7-16(12)25-11(2)24-15-9-8-14(20(21,22)23)13(10-32(28,29)30)17(15)18(25)26/h4-9H,3,10H2,1-2H3,(H,28,29,30). The molecule has 0 fully saturated rings. The molecular formula is C20H17F3N2O6S. The second kappa shape index (κ2) is 8.36. The van der Waals surface area contributed by atoms with E-state index in [0.717, 1.165) is 10.6 Å². The number of rotatable bonds is 5. The van der Waals surface area contributed by atoms with Gasteiger partial charge in [0.1, 0.15) is 11.6 Å². The summed E-state index contributed by atoms with van der Waals surface area (Å²) in [4.78, 5) is 29.9. The van der Waals surface area contributed by atoms with Gasteiger partial charge in [0.15, 0.2) is 0 Å². The Hall–Kier alpha value is -3.25. The number of aromatic nitrogens is 2. The first-order chi connectivity index (χ1) is 14.8. The molecule has 170 valence electrons. The van der Waals surface area contributed by atoms with Gasteiger partial charge in [-0.1, -0.05) is 12.1 Å². The Bertz CT molecular complexity index is 1380. The maximum Gasteiger partial charge on any atom is 0.416 e. The minimum Gasteiger partial charge on any atom is -0.462 e. The lowest BCUT2D eigenvalue weighted by molar-refractivity contribution is -0.138. The van der Waals surface area contributed by atoms with Crippen LogP contribution in [0, 0.1) is 6.92 Å². The number of esters is 1. The molecule has 0 unspecified atom stereocenters. The predicted octanol–water partition coefficient (Wildman–Crippen LogP) is 3.28. The van der Waals surface area contributed by atoms with Gasteiger partial charge in [0.05, 0.1) is 34.3 Å². The highest BCUT2D eigenvalue weighted by Gasteiger charge is 2.36. The van der Waals surface area contributed by atoms with E-state index < -0.39 is 50.1 Å². The number of aryl methyl sites for hydroxylation is 1. The molecule has 1 aromatic heterocycles. The number of hydrogen-bond acceptors (Lipinski definition) is 6. The first-order valence-electron chi connectivity index (χ1n) is 9.19. The van der Waals surface area contributed by atoms with Crippen LogP contribution < -0.4 is 5.56 Å². The molecule has 0 radical (unpaired) electrons. The number of alkyl halides is 3. The molecule has 0 bridgehead atoms. The molecule has 32 heavy (non-hydrogen) atoms. The molecule has 0 saturated heterocycles. The van der Waals surface area contributed by atoms with E-state index in [4.69, 9.17) is 4.74 Å². The zero-order valence-corrected chi connectivity index (χ0v) is 17.6. The van der Waals surface area contributed by atoms with Crippen LogP contribution in [0.3, 0.4) is 0 Å². The minimum absolute atomic E-state index is 0.00179. The lowest BCUT2D eigenvalue weighted by Gasteiger charge is -2.18. The van der Waals surface area contributed by atoms with Crippen LogP contribution in [0.15, 0.2) is 41.2 Å². The van der Waals surface area contributed by atoms with E-state index in [0.29, 0.717) is 6.07 Å². The van der Waals surface area contributed by atoms with E-state index in [1.807, 2.05) is 0 Å². The van der Waals surface area contributed by atoms with E-state index in [9.17, 15) is 35.7 Å². The molecule has 12 heteroatoms. The third-order valence-electron chi connectivity index (χ3n) is 4.59. The van der Waals surface area contributed by atoms with Crippen molar-refractivity contribution in [2.75, 3.05) is 6.61 Å². The Labute approximate surface area is 180 Å². The van der Waals surface area contributed by atoms with Gasteiger partial charge >= 0.3 is 12.1 Å². The summed E-state index contributed by atoms with van der Waals surface area (Å²) in [6, 6.07) is 7.31. The van der Waals surface area contributed by atoms with Crippen LogP contribution in [0.1, 0.15) is 34.2 Å². The Balaban J connectivity index is 2.46. The van der Waals surface area contributed by atoms with E-state index in [-0.39, 0.29) is 29.2 Å². The number of hydrogen-bond donors (Lipinski definition) is 1. The highest BCUT2D eigenvalue weighted by molar-refractivity contribution is 7.85. The molecule has 0 atom stereocenters. The quantitative estimate of drug-likeness (QED) is 0.449. The number of nitrogens with zero attached hydrogens (tertiary/aromatic N) is 2. The Morgan fingerprint density at radius 3 is 2.44 bits per heavy atom. The highest BCUT2D eigenvalue weighted by atomic mass is 32.2. The fourth-order valence-corrected chi connectivity index (χ4v) is 4.05. The average Bonchev–Trinajstić information content (AvgIpc) is 2.66. The lowest BCUT2D eigenvalue weighted by Crippen LogP contribution is -2.27. The lowest BCUT2D eigenvalue weighted by atomic mass is 10.0. The second-order valence-electron chi connectivity index (χ2n) is 6.75. The summed E-state index contributed by atoms with van der Waals surface area (Å²) >= 11 is 0. The van der Waals surface area contributed by atoms with Crippen molar-refractivity contribution in [3.05, 3.63) is 69.3 Å². The number of fused-ring (bicyclic) bond motifs is 1. The second-order valence-corrected chi connectivity index (χ2v) is 8.20.